The van der Waals surface area contributed by atoms with Crippen molar-refractivity contribution >= 4 is 12.0 Å². The number of halogens is 2. The van der Waals surface area contributed by atoms with Gasteiger partial charge in [-0.05, 0) is 27.2 Å². The Labute approximate surface area is 122 Å². The van der Waals surface area contributed by atoms with Crippen molar-refractivity contribution in [1.82, 2.24) is 9.96 Å². The van der Waals surface area contributed by atoms with E-state index < -0.39 is 36.0 Å². The summed E-state index contributed by atoms with van der Waals surface area (Å²) in [6.45, 7) is 4.18. The molecule has 1 atom stereocenters. The Hall–Kier alpha value is -1.44. The van der Waals surface area contributed by atoms with Gasteiger partial charge in [-0.2, -0.15) is 0 Å². The topological polar surface area (TPSA) is 59.1 Å². The van der Waals surface area contributed by atoms with Gasteiger partial charge in [0.2, 0.25) is 0 Å². The number of ether oxygens (including phenoxy) is 1. The maximum absolute atomic E-state index is 14.1. The second-order valence-electron chi connectivity index (χ2n) is 6.02. The van der Waals surface area contributed by atoms with E-state index in [1.807, 2.05) is 0 Å². The van der Waals surface area contributed by atoms with Crippen molar-refractivity contribution in [3.63, 3.8) is 0 Å². The average Bonchev–Trinajstić information content (AvgIpc) is 2.33. The van der Waals surface area contributed by atoms with Gasteiger partial charge >= 0.3 is 6.09 Å². The van der Waals surface area contributed by atoms with Gasteiger partial charge in [0, 0.05) is 13.6 Å². The summed E-state index contributed by atoms with van der Waals surface area (Å²) in [6, 6.07) is 0. The second-order valence-corrected chi connectivity index (χ2v) is 6.02. The largest absolute Gasteiger partial charge is 0.444 e. The molecule has 1 unspecified atom stereocenters. The summed E-state index contributed by atoms with van der Waals surface area (Å²) in [5.41, 5.74) is -0.755. The van der Waals surface area contributed by atoms with Crippen molar-refractivity contribution in [2.24, 2.45) is 5.92 Å². The molecule has 1 fully saturated rings. The first-order valence-electron chi connectivity index (χ1n) is 6.65. The fraction of sp³-hybridized carbons (Fsp3) is 0.846. The summed E-state index contributed by atoms with van der Waals surface area (Å²) in [6.07, 6.45) is -0.938. The van der Waals surface area contributed by atoms with Crippen LogP contribution in [-0.4, -0.2) is 60.7 Å². The highest BCUT2D eigenvalue weighted by Gasteiger charge is 2.51. The van der Waals surface area contributed by atoms with Crippen LogP contribution < -0.4 is 0 Å². The van der Waals surface area contributed by atoms with Crippen LogP contribution in [0.5, 0.6) is 0 Å². The Kier molecular flexibility index (Phi) is 5.14. The van der Waals surface area contributed by atoms with E-state index in [2.05, 4.69) is 4.84 Å². The number of piperidine rings is 1. The molecular weight excluding hydrogens is 286 g/mol. The number of alkyl halides is 2. The molecule has 1 aliphatic heterocycles. The number of carbonyl (C=O) groups excluding carboxylic acids is 2. The van der Waals surface area contributed by atoms with Crippen LogP contribution in [0.3, 0.4) is 0 Å². The highest BCUT2D eigenvalue weighted by molar-refractivity contribution is 5.79. The third kappa shape index (κ3) is 4.52. The zero-order valence-corrected chi connectivity index (χ0v) is 13.0. The van der Waals surface area contributed by atoms with E-state index in [1.165, 1.54) is 14.2 Å². The quantitative estimate of drug-likeness (QED) is 0.731. The van der Waals surface area contributed by atoms with Gasteiger partial charge in [-0.3, -0.25) is 9.63 Å². The molecule has 6 nitrogen and oxygen atoms in total. The van der Waals surface area contributed by atoms with Crippen LogP contribution in [0.4, 0.5) is 13.6 Å². The highest BCUT2D eigenvalue weighted by atomic mass is 19.3. The Morgan fingerprint density at radius 1 is 1.33 bits per heavy atom. The number of hydrogen-bond donors (Lipinski definition) is 0. The van der Waals surface area contributed by atoms with Gasteiger partial charge in [-0.15, -0.1) is 0 Å². The zero-order valence-electron chi connectivity index (χ0n) is 13.0. The summed E-state index contributed by atoms with van der Waals surface area (Å²) < 4.78 is 33.3. The lowest BCUT2D eigenvalue weighted by atomic mass is 9.92. The molecule has 0 aromatic carbocycles. The van der Waals surface area contributed by atoms with Crippen LogP contribution in [0.2, 0.25) is 0 Å². The molecule has 0 spiro atoms. The fourth-order valence-corrected chi connectivity index (χ4v) is 2.04. The number of nitrogens with zero attached hydrogens (tertiary/aromatic N) is 2. The maximum atomic E-state index is 14.1. The minimum absolute atomic E-state index is 0.0401. The van der Waals surface area contributed by atoms with Crippen molar-refractivity contribution in [3.8, 4) is 0 Å². The molecule has 0 aliphatic carbocycles. The molecule has 0 N–H and O–H groups in total. The predicted molar refractivity (Wildman–Crippen MR) is 70.6 cm³/mol. The molecular formula is C13H22F2N2O4. The second kappa shape index (κ2) is 6.13. The first kappa shape index (κ1) is 17.6. The standard InChI is InChI=1S/C13H22F2N2O4/c1-12(2,3)21-11(19)17-7-6-9(13(14,15)8-17)10(18)16(4)20-5/h9H,6-8H2,1-5H3. The van der Waals surface area contributed by atoms with Crippen molar-refractivity contribution < 1.29 is 27.9 Å². The fourth-order valence-electron chi connectivity index (χ4n) is 2.04. The molecule has 0 aromatic rings. The average molecular weight is 308 g/mol. The van der Waals surface area contributed by atoms with Crippen molar-refractivity contribution in [2.45, 2.75) is 38.7 Å². The van der Waals surface area contributed by atoms with Crippen molar-refractivity contribution in [3.05, 3.63) is 0 Å². The van der Waals surface area contributed by atoms with E-state index in [4.69, 9.17) is 4.74 Å². The Balaban J connectivity index is 2.75. The predicted octanol–water partition coefficient (Wildman–Crippen LogP) is 1.90. The first-order chi connectivity index (χ1) is 9.48. The van der Waals surface area contributed by atoms with E-state index >= 15 is 0 Å². The summed E-state index contributed by atoms with van der Waals surface area (Å²) in [4.78, 5) is 29.2. The molecule has 0 radical (unpaired) electrons. The van der Waals surface area contributed by atoms with Crippen LogP contribution in [0.1, 0.15) is 27.2 Å². The molecule has 0 saturated carbocycles. The van der Waals surface area contributed by atoms with Gasteiger partial charge in [0.15, 0.2) is 0 Å². The molecule has 122 valence electrons. The van der Waals surface area contributed by atoms with Crippen molar-refractivity contribution in [2.75, 3.05) is 27.2 Å². The van der Waals surface area contributed by atoms with Crippen LogP contribution >= 0.6 is 0 Å². The Morgan fingerprint density at radius 2 is 1.90 bits per heavy atom. The third-order valence-electron chi connectivity index (χ3n) is 3.13. The van der Waals surface area contributed by atoms with Gasteiger partial charge in [0.1, 0.15) is 11.5 Å². The molecule has 8 heteroatoms. The van der Waals surface area contributed by atoms with E-state index in [9.17, 15) is 18.4 Å². The molecule has 1 rings (SSSR count). The van der Waals surface area contributed by atoms with Crippen LogP contribution in [-0.2, 0) is 14.4 Å². The first-order valence-corrected chi connectivity index (χ1v) is 6.65. The molecule has 1 heterocycles. The molecule has 1 saturated heterocycles. The van der Waals surface area contributed by atoms with E-state index in [-0.39, 0.29) is 13.0 Å². The lowest BCUT2D eigenvalue weighted by Crippen LogP contribution is -2.55. The minimum Gasteiger partial charge on any atom is -0.444 e. The van der Waals surface area contributed by atoms with Crippen LogP contribution in [0.25, 0.3) is 0 Å². The highest BCUT2D eigenvalue weighted by Crippen LogP contribution is 2.34. The van der Waals surface area contributed by atoms with E-state index in [0.29, 0.717) is 0 Å². The molecule has 2 amide bonds. The van der Waals surface area contributed by atoms with Gasteiger partial charge < -0.3 is 9.64 Å². The zero-order chi connectivity index (χ0) is 16.4. The lowest BCUT2D eigenvalue weighted by Gasteiger charge is -2.38. The van der Waals surface area contributed by atoms with Gasteiger partial charge in [-0.25, -0.2) is 18.6 Å². The molecule has 1 aliphatic rings. The SMILES string of the molecule is CON(C)C(=O)C1CCN(C(=O)OC(C)(C)C)CC1(F)F. The smallest absolute Gasteiger partial charge is 0.410 e. The summed E-state index contributed by atoms with van der Waals surface area (Å²) >= 11 is 0. The third-order valence-corrected chi connectivity index (χ3v) is 3.13. The number of likely N-dealkylation sites (tertiary alicyclic amines) is 1. The normalized spacial score (nSPS) is 21.9. The van der Waals surface area contributed by atoms with Gasteiger partial charge in [0.25, 0.3) is 11.8 Å². The molecule has 21 heavy (non-hydrogen) atoms. The number of carbonyl (C=O) groups is 2. The monoisotopic (exact) mass is 308 g/mol. The van der Waals surface area contributed by atoms with Gasteiger partial charge in [0.05, 0.1) is 13.7 Å². The minimum atomic E-state index is -3.32. The van der Waals surface area contributed by atoms with Crippen molar-refractivity contribution in [1.29, 1.82) is 0 Å². The molecule has 0 aromatic heterocycles. The number of rotatable bonds is 2. The Bertz CT molecular complexity index is 409. The maximum Gasteiger partial charge on any atom is 0.410 e. The summed E-state index contributed by atoms with van der Waals surface area (Å²) in [5.74, 6) is -5.62. The number of amides is 2. The number of hydroxylamine groups is 2. The van der Waals surface area contributed by atoms with Crippen LogP contribution in [0, 0.1) is 5.92 Å². The Morgan fingerprint density at radius 3 is 2.33 bits per heavy atom. The van der Waals surface area contributed by atoms with Gasteiger partial charge in [-0.1, -0.05) is 0 Å². The summed E-state index contributed by atoms with van der Waals surface area (Å²) in [5, 5.41) is 0.779. The summed E-state index contributed by atoms with van der Waals surface area (Å²) in [7, 11) is 2.50. The van der Waals surface area contributed by atoms with E-state index in [1.54, 1.807) is 20.8 Å². The number of hydrogen-bond acceptors (Lipinski definition) is 4. The lowest BCUT2D eigenvalue weighted by molar-refractivity contribution is -0.192. The van der Waals surface area contributed by atoms with E-state index in [0.717, 1.165) is 9.96 Å². The molecule has 0 bridgehead atoms. The van der Waals surface area contributed by atoms with Crippen LogP contribution in [0.15, 0.2) is 0 Å².